The fourth-order valence-corrected chi connectivity index (χ4v) is 4.02. The molecule has 1 heterocycles. The Balaban J connectivity index is 1.83. The molecule has 3 heteroatoms. The topological polar surface area (TPSA) is 55.1 Å². The van der Waals surface area contributed by atoms with Crippen molar-refractivity contribution in [3.63, 3.8) is 0 Å². The van der Waals surface area contributed by atoms with E-state index in [4.69, 9.17) is 5.73 Å². The Kier molecular flexibility index (Phi) is 2.80. The summed E-state index contributed by atoms with van der Waals surface area (Å²) in [7, 11) is 0. The lowest BCUT2D eigenvalue weighted by molar-refractivity contribution is -0.120. The first-order valence-electron chi connectivity index (χ1n) is 7.93. The molecular weight excluding hydrogens is 272 g/mol. The van der Waals surface area contributed by atoms with Gasteiger partial charge in [0.15, 0.2) is 0 Å². The lowest BCUT2D eigenvalue weighted by atomic mass is 9.79. The third kappa shape index (κ3) is 1.78. The molecule has 0 atom stereocenters. The van der Waals surface area contributed by atoms with E-state index in [-0.39, 0.29) is 11.3 Å². The molecule has 1 spiro atoms. The maximum atomic E-state index is 12.5. The highest BCUT2D eigenvalue weighted by Gasteiger charge is 2.48. The second-order valence-electron chi connectivity index (χ2n) is 6.58. The average Bonchev–Trinajstić information content (AvgIpc) is 3.09. The SMILES string of the molecule is Cc1ccc(N)cc1-c1ccc2c(c1)NC(=O)C21CCCC1. The summed E-state index contributed by atoms with van der Waals surface area (Å²) in [5.74, 6) is 0.182. The molecule has 0 aromatic heterocycles. The Hall–Kier alpha value is -2.29. The molecule has 0 unspecified atom stereocenters. The van der Waals surface area contributed by atoms with Gasteiger partial charge in [0.1, 0.15) is 0 Å². The number of aryl methyl sites for hydroxylation is 1. The summed E-state index contributed by atoms with van der Waals surface area (Å²) in [5.41, 5.74) is 12.0. The van der Waals surface area contributed by atoms with Crippen LogP contribution in [-0.4, -0.2) is 5.91 Å². The first-order valence-corrected chi connectivity index (χ1v) is 7.93. The van der Waals surface area contributed by atoms with Crippen molar-refractivity contribution in [2.75, 3.05) is 11.1 Å². The molecule has 1 fully saturated rings. The van der Waals surface area contributed by atoms with Crippen LogP contribution in [0.4, 0.5) is 11.4 Å². The van der Waals surface area contributed by atoms with E-state index >= 15 is 0 Å². The van der Waals surface area contributed by atoms with Crippen molar-refractivity contribution in [1.29, 1.82) is 0 Å². The Morgan fingerprint density at radius 1 is 1.09 bits per heavy atom. The van der Waals surface area contributed by atoms with Gasteiger partial charge in [-0.15, -0.1) is 0 Å². The van der Waals surface area contributed by atoms with Gasteiger partial charge in [0.05, 0.1) is 5.41 Å². The highest BCUT2D eigenvalue weighted by Crippen LogP contribution is 2.49. The van der Waals surface area contributed by atoms with Gasteiger partial charge in [-0.05, 0) is 60.2 Å². The Morgan fingerprint density at radius 3 is 2.64 bits per heavy atom. The number of amides is 1. The minimum absolute atomic E-state index is 0.182. The molecule has 2 aromatic carbocycles. The zero-order valence-corrected chi connectivity index (χ0v) is 12.8. The van der Waals surface area contributed by atoms with Crippen LogP contribution in [0.5, 0.6) is 0 Å². The predicted octanol–water partition coefficient (Wildman–Crippen LogP) is 4.01. The molecule has 2 aromatic rings. The van der Waals surface area contributed by atoms with E-state index < -0.39 is 0 Å². The highest BCUT2D eigenvalue weighted by atomic mass is 16.2. The normalized spacial score (nSPS) is 18.5. The first-order chi connectivity index (χ1) is 10.6. The summed E-state index contributed by atoms with van der Waals surface area (Å²) >= 11 is 0. The third-order valence-corrected chi connectivity index (χ3v) is 5.25. The number of rotatable bonds is 1. The van der Waals surface area contributed by atoms with Gasteiger partial charge in [0, 0.05) is 11.4 Å². The molecule has 1 aliphatic carbocycles. The maximum absolute atomic E-state index is 12.5. The second kappa shape index (κ2) is 4.60. The summed E-state index contributed by atoms with van der Waals surface area (Å²) in [6.45, 7) is 2.08. The number of nitrogens with one attached hydrogen (secondary N) is 1. The number of fused-ring (bicyclic) bond motifs is 2. The molecule has 1 saturated carbocycles. The minimum atomic E-state index is -0.265. The zero-order chi connectivity index (χ0) is 15.3. The highest BCUT2D eigenvalue weighted by molar-refractivity contribution is 6.07. The lowest BCUT2D eigenvalue weighted by Crippen LogP contribution is -2.30. The van der Waals surface area contributed by atoms with Gasteiger partial charge in [0.2, 0.25) is 5.91 Å². The van der Waals surface area contributed by atoms with Crippen molar-refractivity contribution in [3.05, 3.63) is 47.5 Å². The number of hydrogen-bond acceptors (Lipinski definition) is 2. The van der Waals surface area contributed by atoms with Crippen molar-refractivity contribution in [2.45, 2.75) is 38.0 Å². The number of carbonyl (C=O) groups is 1. The molecule has 22 heavy (non-hydrogen) atoms. The maximum Gasteiger partial charge on any atom is 0.235 e. The predicted molar refractivity (Wildman–Crippen MR) is 89.8 cm³/mol. The van der Waals surface area contributed by atoms with Gasteiger partial charge in [-0.1, -0.05) is 31.0 Å². The monoisotopic (exact) mass is 292 g/mol. The molecule has 0 bridgehead atoms. The Labute approximate surface area is 130 Å². The van der Waals surface area contributed by atoms with Crippen LogP contribution >= 0.6 is 0 Å². The second-order valence-corrected chi connectivity index (χ2v) is 6.58. The van der Waals surface area contributed by atoms with Crippen molar-refractivity contribution < 1.29 is 4.79 Å². The summed E-state index contributed by atoms with van der Waals surface area (Å²) in [5, 5.41) is 3.10. The van der Waals surface area contributed by atoms with E-state index in [9.17, 15) is 4.79 Å². The van der Waals surface area contributed by atoms with Crippen molar-refractivity contribution >= 4 is 17.3 Å². The van der Waals surface area contributed by atoms with E-state index in [2.05, 4.69) is 30.4 Å². The van der Waals surface area contributed by atoms with Crippen LogP contribution in [0.1, 0.15) is 36.8 Å². The molecule has 3 nitrogen and oxygen atoms in total. The summed E-state index contributed by atoms with van der Waals surface area (Å²) in [6.07, 6.45) is 4.23. The van der Waals surface area contributed by atoms with Gasteiger partial charge in [0.25, 0.3) is 0 Å². The Bertz CT molecular complexity index is 773. The number of benzene rings is 2. The minimum Gasteiger partial charge on any atom is -0.399 e. The van der Waals surface area contributed by atoms with E-state index in [1.165, 1.54) is 11.1 Å². The number of carbonyl (C=O) groups excluding carboxylic acids is 1. The van der Waals surface area contributed by atoms with Gasteiger partial charge in [-0.25, -0.2) is 0 Å². The van der Waals surface area contributed by atoms with Crippen molar-refractivity contribution in [3.8, 4) is 11.1 Å². The molecule has 0 radical (unpaired) electrons. The van der Waals surface area contributed by atoms with Crippen LogP contribution in [0.3, 0.4) is 0 Å². The van der Waals surface area contributed by atoms with Gasteiger partial charge < -0.3 is 11.1 Å². The van der Waals surface area contributed by atoms with Gasteiger partial charge >= 0.3 is 0 Å². The zero-order valence-electron chi connectivity index (χ0n) is 12.8. The first kappa shape index (κ1) is 13.4. The van der Waals surface area contributed by atoms with Crippen molar-refractivity contribution in [2.24, 2.45) is 0 Å². The van der Waals surface area contributed by atoms with Gasteiger partial charge in [-0.3, -0.25) is 4.79 Å². The average molecular weight is 292 g/mol. The van der Waals surface area contributed by atoms with Gasteiger partial charge in [-0.2, -0.15) is 0 Å². The lowest BCUT2D eigenvalue weighted by Gasteiger charge is -2.20. The number of anilines is 2. The molecule has 0 saturated heterocycles. The summed E-state index contributed by atoms with van der Waals surface area (Å²) in [4.78, 5) is 12.5. The molecule has 2 aliphatic rings. The fraction of sp³-hybridized carbons (Fsp3) is 0.316. The molecule has 112 valence electrons. The number of hydrogen-bond donors (Lipinski definition) is 2. The van der Waals surface area contributed by atoms with Crippen LogP contribution in [-0.2, 0) is 10.2 Å². The fourth-order valence-electron chi connectivity index (χ4n) is 4.02. The number of nitrogens with two attached hydrogens (primary N) is 1. The summed E-state index contributed by atoms with van der Waals surface area (Å²) in [6, 6.07) is 12.3. The molecule has 3 N–H and O–H groups in total. The molecular formula is C19H20N2O. The third-order valence-electron chi connectivity index (χ3n) is 5.25. The van der Waals surface area contributed by atoms with Crippen LogP contribution in [0, 0.1) is 6.92 Å². The van der Waals surface area contributed by atoms with E-state index in [0.717, 1.165) is 48.2 Å². The van der Waals surface area contributed by atoms with Crippen molar-refractivity contribution in [1.82, 2.24) is 0 Å². The largest absolute Gasteiger partial charge is 0.399 e. The molecule has 1 amide bonds. The smallest absolute Gasteiger partial charge is 0.235 e. The van der Waals surface area contributed by atoms with Crippen LogP contribution in [0.15, 0.2) is 36.4 Å². The summed E-state index contributed by atoms with van der Waals surface area (Å²) < 4.78 is 0. The molecule has 4 rings (SSSR count). The van der Waals surface area contributed by atoms with Crippen LogP contribution in [0.2, 0.25) is 0 Å². The van der Waals surface area contributed by atoms with E-state index in [0.29, 0.717) is 0 Å². The van der Waals surface area contributed by atoms with E-state index in [1.807, 2.05) is 18.2 Å². The Morgan fingerprint density at radius 2 is 1.86 bits per heavy atom. The number of nitrogen functional groups attached to an aromatic ring is 1. The van der Waals surface area contributed by atoms with Crippen LogP contribution in [0.25, 0.3) is 11.1 Å². The standard InChI is InChI=1S/C19H20N2O/c1-12-4-6-14(20)11-15(12)13-5-7-16-17(10-13)21-18(22)19(16)8-2-3-9-19/h4-7,10-11H,2-3,8-9,20H2,1H3,(H,21,22). The quantitative estimate of drug-likeness (QED) is 0.780. The van der Waals surface area contributed by atoms with E-state index in [1.54, 1.807) is 0 Å². The molecule has 1 aliphatic heterocycles. The van der Waals surface area contributed by atoms with Crippen LogP contribution < -0.4 is 11.1 Å².